The Hall–Kier alpha value is -1.22. The molecule has 1 saturated carbocycles. The van der Waals surface area contributed by atoms with Gasteiger partial charge in [0.05, 0.1) is 7.11 Å². The van der Waals surface area contributed by atoms with Gasteiger partial charge in [0.1, 0.15) is 11.5 Å². The van der Waals surface area contributed by atoms with E-state index in [0.717, 1.165) is 5.56 Å². The van der Waals surface area contributed by atoms with Crippen LogP contribution in [0, 0.1) is 5.92 Å². The Bertz CT molecular complexity index is 359. The lowest BCUT2D eigenvalue weighted by molar-refractivity contribution is 0.380. The first-order valence-corrected chi connectivity index (χ1v) is 5.85. The first kappa shape index (κ1) is 11.3. The number of rotatable bonds is 3. The summed E-state index contributed by atoms with van der Waals surface area (Å²) in [5, 5.41) is 9.39. The maximum atomic E-state index is 9.39. The fourth-order valence-corrected chi connectivity index (χ4v) is 2.55. The summed E-state index contributed by atoms with van der Waals surface area (Å²) in [7, 11) is 1.61. The Morgan fingerprint density at radius 1 is 1.38 bits per heavy atom. The van der Waals surface area contributed by atoms with Gasteiger partial charge < -0.3 is 15.6 Å². The minimum absolute atomic E-state index is 0.0260. The van der Waals surface area contributed by atoms with E-state index in [1.165, 1.54) is 25.7 Å². The van der Waals surface area contributed by atoms with Crippen molar-refractivity contribution in [2.75, 3.05) is 7.11 Å². The molecule has 1 fully saturated rings. The predicted molar refractivity (Wildman–Crippen MR) is 63.5 cm³/mol. The highest BCUT2D eigenvalue weighted by molar-refractivity contribution is 5.42. The summed E-state index contributed by atoms with van der Waals surface area (Å²) < 4.78 is 5.27. The van der Waals surface area contributed by atoms with E-state index < -0.39 is 0 Å². The lowest BCUT2D eigenvalue weighted by Gasteiger charge is -2.21. The van der Waals surface area contributed by atoms with Crippen molar-refractivity contribution in [2.45, 2.75) is 31.7 Å². The van der Waals surface area contributed by atoms with Crippen molar-refractivity contribution in [3.63, 3.8) is 0 Å². The van der Waals surface area contributed by atoms with Crippen LogP contribution in [0.25, 0.3) is 0 Å². The number of aromatic hydroxyl groups is 1. The predicted octanol–water partition coefficient (Wildman–Crippen LogP) is 2.59. The quantitative estimate of drug-likeness (QED) is 0.824. The number of methoxy groups -OCH3 is 1. The Morgan fingerprint density at radius 3 is 2.69 bits per heavy atom. The van der Waals surface area contributed by atoms with Crippen molar-refractivity contribution in [1.29, 1.82) is 0 Å². The molecule has 0 radical (unpaired) electrons. The second kappa shape index (κ2) is 4.74. The van der Waals surface area contributed by atoms with Crippen LogP contribution in [0.2, 0.25) is 0 Å². The highest BCUT2D eigenvalue weighted by atomic mass is 16.5. The lowest BCUT2D eigenvalue weighted by Crippen LogP contribution is -2.19. The van der Waals surface area contributed by atoms with Crippen LogP contribution >= 0.6 is 0 Å². The second-order valence-corrected chi connectivity index (χ2v) is 4.50. The molecule has 16 heavy (non-hydrogen) atoms. The molecule has 1 aromatic rings. The van der Waals surface area contributed by atoms with Crippen molar-refractivity contribution >= 4 is 0 Å². The van der Waals surface area contributed by atoms with E-state index in [2.05, 4.69) is 0 Å². The summed E-state index contributed by atoms with van der Waals surface area (Å²) in [5.74, 6) is 1.47. The summed E-state index contributed by atoms with van der Waals surface area (Å²) in [5.41, 5.74) is 7.27. The molecule has 1 aliphatic carbocycles. The molecule has 0 amide bonds. The Morgan fingerprint density at radius 2 is 2.06 bits per heavy atom. The van der Waals surface area contributed by atoms with Crippen LogP contribution in [-0.4, -0.2) is 12.2 Å². The SMILES string of the molecule is COc1cc(O)ccc1[C@@H](N)C1CCCC1. The van der Waals surface area contributed by atoms with Gasteiger partial charge in [0.25, 0.3) is 0 Å². The number of ether oxygens (including phenoxy) is 1. The van der Waals surface area contributed by atoms with Crippen LogP contribution in [0.5, 0.6) is 11.5 Å². The highest BCUT2D eigenvalue weighted by Gasteiger charge is 2.25. The third-order valence-electron chi connectivity index (χ3n) is 3.48. The van der Waals surface area contributed by atoms with Gasteiger partial charge in [-0.3, -0.25) is 0 Å². The molecule has 0 bridgehead atoms. The molecule has 0 aromatic heterocycles. The molecule has 3 heteroatoms. The number of phenols is 1. The number of hydrogen-bond donors (Lipinski definition) is 2. The number of benzene rings is 1. The Labute approximate surface area is 96.2 Å². The fraction of sp³-hybridized carbons (Fsp3) is 0.538. The molecule has 0 saturated heterocycles. The molecule has 1 aliphatic rings. The van der Waals surface area contributed by atoms with Crippen molar-refractivity contribution < 1.29 is 9.84 Å². The Balaban J connectivity index is 2.24. The van der Waals surface area contributed by atoms with Crippen LogP contribution in [0.4, 0.5) is 0 Å². The van der Waals surface area contributed by atoms with Crippen LogP contribution in [0.15, 0.2) is 18.2 Å². The molecule has 2 rings (SSSR count). The van der Waals surface area contributed by atoms with Crippen LogP contribution in [0.1, 0.15) is 37.3 Å². The molecule has 0 spiro atoms. The number of hydrogen-bond acceptors (Lipinski definition) is 3. The topological polar surface area (TPSA) is 55.5 Å². The summed E-state index contributed by atoms with van der Waals surface area (Å²) >= 11 is 0. The monoisotopic (exact) mass is 221 g/mol. The summed E-state index contributed by atoms with van der Waals surface area (Å²) in [6.45, 7) is 0. The fourth-order valence-electron chi connectivity index (χ4n) is 2.55. The van der Waals surface area contributed by atoms with Crippen molar-refractivity contribution in [3.05, 3.63) is 23.8 Å². The first-order valence-electron chi connectivity index (χ1n) is 5.85. The third kappa shape index (κ3) is 2.14. The zero-order valence-corrected chi connectivity index (χ0v) is 9.65. The van der Waals surface area contributed by atoms with Gasteiger partial charge in [0.15, 0.2) is 0 Å². The van der Waals surface area contributed by atoms with E-state index in [1.807, 2.05) is 6.07 Å². The maximum absolute atomic E-state index is 9.39. The summed E-state index contributed by atoms with van der Waals surface area (Å²) in [6.07, 6.45) is 4.95. The summed E-state index contributed by atoms with van der Waals surface area (Å²) in [6, 6.07) is 5.20. The van der Waals surface area contributed by atoms with Crippen LogP contribution < -0.4 is 10.5 Å². The minimum Gasteiger partial charge on any atom is -0.508 e. The largest absolute Gasteiger partial charge is 0.508 e. The number of nitrogens with two attached hydrogens (primary N) is 1. The lowest BCUT2D eigenvalue weighted by atomic mass is 9.92. The average molecular weight is 221 g/mol. The van der Waals surface area contributed by atoms with E-state index >= 15 is 0 Å². The smallest absolute Gasteiger partial charge is 0.127 e. The molecule has 1 aromatic carbocycles. The summed E-state index contributed by atoms with van der Waals surface area (Å²) in [4.78, 5) is 0. The van der Waals surface area contributed by atoms with E-state index in [-0.39, 0.29) is 11.8 Å². The van der Waals surface area contributed by atoms with Crippen LogP contribution in [0.3, 0.4) is 0 Å². The molecular formula is C13H19NO2. The van der Waals surface area contributed by atoms with E-state index in [9.17, 15) is 5.11 Å². The standard InChI is InChI=1S/C13H19NO2/c1-16-12-8-10(15)6-7-11(12)13(14)9-4-2-3-5-9/h6-9,13,15H,2-5,14H2,1H3/t13-/m0/s1. The zero-order chi connectivity index (χ0) is 11.5. The van der Waals surface area contributed by atoms with Crippen molar-refractivity contribution in [3.8, 4) is 11.5 Å². The van der Waals surface area contributed by atoms with Gasteiger partial charge >= 0.3 is 0 Å². The van der Waals surface area contributed by atoms with Crippen molar-refractivity contribution in [1.82, 2.24) is 0 Å². The third-order valence-corrected chi connectivity index (χ3v) is 3.48. The van der Waals surface area contributed by atoms with Gasteiger partial charge in [0, 0.05) is 17.7 Å². The average Bonchev–Trinajstić information content (AvgIpc) is 2.81. The minimum atomic E-state index is 0.0260. The zero-order valence-electron chi connectivity index (χ0n) is 9.65. The van der Waals surface area contributed by atoms with Crippen molar-refractivity contribution in [2.24, 2.45) is 11.7 Å². The molecular weight excluding hydrogens is 202 g/mol. The molecule has 3 N–H and O–H groups in total. The first-order chi connectivity index (χ1) is 7.72. The van der Waals surface area contributed by atoms with E-state index in [0.29, 0.717) is 11.7 Å². The van der Waals surface area contributed by atoms with Gasteiger partial charge in [-0.2, -0.15) is 0 Å². The molecule has 0 unspecified atom stereocenters. The normalized spacial score (nSPS) is 18.6. The Kier molecular flexibility index (Phi) is 3.34. The van der Waals surface area contributed by atoms with Gasteiger partial charge in [-0.15, -0.1) is 0 Å². The number of phenolic OH excluding ortho intramolecular Hbond substituents is 1. The van der Waals surface area contributed by atoms with Gasteiger partial charge in [0.2, 0.25) is 0 Å². The van der Waals surface area contributed by atoms with Crippen LogP contribution in [-0.2, 0) is 0 Å². The van der Waals surface area contributed by atoms with E-state index in [1.54, 1.807) is 19.2 Å². The van der Waals surface area contributed by atoms with Gasteiger partial charge in [-0.1, -0.05) is 18.9 Å². The van der Waals surface area contributed by atoms with Gasteiger partial charge in [-0.25, -0.2) is 0 Å². The molecule has 88 valence electrons. The molecule has 0 heterocycles. The molecule has 1 atom stereocenters. The molecule has 3 nitrogen and oxygen atoms in total. The van der Waals surface area contributed by atoms with Gasteiger partial charge in [-0.05, 0) is 24.8 Å². The second-order valence-electron chi connectivity index (χ2n) is 4.50. The maximum Gasteiger partial charge on any atom is 0.127 e. The highest BCUT2D eigenvalue weighted by Crippen LogP contribution is 2.38. The van der Waals surface area contributed by atoms with E-state index in [4.69, 9.17) is 10.5 Å². The molecule has 0 aliphatic heterocycles.